The summed E-state index contributed by atoms with van der Waals surface area (Å²) in [6, 6.07) is 12.3. The van der Waals surface area contributed by atoms with Gasteiger partial charge in [0.05, 0.1) is 17.6 Å². The molecule has 0 aliphatic carbocycles. The number of ketones is 1. The number of aromatic nitrogens is 2. The number of carbonyl (C=O) groups is 2. The van der Waals surface area contributed by atoms with E-state index in [0.717, 1.165) is 31.4 Å². The smallest absolute Gasteiger partial charge is 0.326 e. The van der Waals surface area contributed by atoms with Crippen molar-refractivity contribution < 1.29 is 9.59 Å². The van der Waals surface area contributed by atoms with Crippen LogP contribution in [0.15, 0.2) is 47.3 Å². The molecule has 31 heavy (non-hydrogen) atoms. The minimum atomic E-state index is -0.168. The summed E-state index contributed by atoms with van der Waals surface area (Å²) in [6.07, 6.45) is 1.55. The van der Waals surface area contributed by atoms with Gasteiger partial charge in [-0.1, -0.05) is 11.6 Å². The average molecular weight is 441 g/mol. The summed E-state index contributed by atoms with van der Waals surface area (Å²) in [5.74, 6) is -0.0890. The van der Waals surface area contributed by atoms with Gasteiger partial charge in [-0.3, -0.25) is 19.1 Å². The lowest BCUT2D eigenvalue weighted by atomic mass is 10.0. The van der Waals surface area contributed by atoms with Gasteiger partial charge in [0.1, 0.15) is 0 Å². The first-order valence-electron chi connectivity index (χ1n) is 10.5. The summed E-state index contributed by atoms with van der Waals surface area (Å²) in [5, 5.41) is 3.38. The zero-order valence-corrected chi connectivity index (χ0v) is 18.1. The highest BCUT2D eigenvalue weighted by Crippen LogP contribution is 2.25. The fourth-order valence-electron chi connectivity index (χ4n) is 4.16. The van der Waals surface area contributed by atoms with E-state index >= 15 is 0 Å². The lowest BCUT2D eigenvalue weighted by Crippen LogP contribution is -2.39. The average Bonchev–Trinajstić information content (AvgIpc) is 3.09. The predicted molar refractivity (Wildman–Crippen MR) is 121 cm³/mol. The topological polar surface area (TPSA) is 87.2 Å². The molecule has 1 aliphatic heterocycles. The fourth-order valence-corrected chi connectivity index (χ4v) is 4.29. The second-order valence-electron chi connectivity index (χ2n) is 7.83. The van der Waals surface area contributed by atoms with E-state index < -0.39 is 0 Å². The molecule has 0 radical (unpaired) electrons. The van der Waals surface area contributed by atoms with Crippen molar-refractivity contribution in [2.75, 3.05) is 26.2 Å². The first-order chi connectivity index (χ1) is 15.0. The largest absolute Gasteiger partial charge is 0.352 e. The maximum atomic E-state index is 12.6. The fraction of sp³-hybridized carbons (Fsp3) is 0.348. The normalized spacial score (nSPS) is 15.3. The third kappa shape index (κ3) is 4.57. The highest BCUT2D eigenvalue weighted by molar-refractivity contribution is 6.30. The van der Waals surface area contributed by atoms with Crippen LogP contribution in [-0.2, 0) is 0 Å². The highest BCUT2D eigenvalue weighted by Gasteiger charge is 2.25. The van der Waals surface area contributed by atoms with Crippen molar-refractivity contribution in [2.45, 2.75) is 25.8 Å². The number of likely N-dealkylation sites (tertiary alicyclic amines) is 1. The number of benzene rings is 2. The summed E-state index contributed by atoms with van der Waals surface area (Å²) in [7, 11) is 0. The number of hydrogen-bond donors (Lipinski definition) is 2. The van der Waals surface area contributed by atoms with E-state index in [1.54, 1.807) is 41.0 Å². The second-order valence-corrected chi connectivity index (χ2v) is 8.27. The van der Waals surface area contributed by atoms with Gasteiger partial charge in [-0.2, -0.15) is 0 Å². The Balaban J connectivity index is 1.44. The number of rotatable bonds is 6. The molecule has 1 aromatic heterocycles. The van der Waals surface area contributed by atoms with E-state index in [2.05, 4.69) is 15.2 Å². The standard InChI is InChI=1S/C23H25ClN4O3/c1-2-25-22(30)16-5-8-20-19(13-16)26-23(31)28(20)18-9-11-27(12-10-18)14-21(29)15-3-6-17(24)7-4-15/h3-8,13,18H,2,9-12,14H2,1H3,(H,25,30)(H,26,31). The molecule has 2 aromatic carbocycles. The van der Waals surface area contributed by atoms with E-state index in [-0.39, 0.29) is 23.4 Å². The Labute approximate surface area is 185 Å². The van der Waals surface area contributed by atoms with Crippen molar-refractivity contribution in [3.05, 3.63) is 69.1 Å². The number of amides is 1. The Kier molecular flexibility index (Phi) is 6.25. The van der Waals surface area contributed by atoms with Gasteiger partial charge < -0.3 is 10.3 Å². The molecule has 1 aliphatic rings. The lowest BCUT2D eigenvalue weighted by Gasteiger charge is -2.32. The molecule has 2 N–H and O–H groups in total. The van der Waals surface area contributed by atoms with Crippen LogP contribution in [0.3, 0.4) is 0 Å². The monoisotopic (exact) mass is 440 g/mol. The molecule has 1 amide bonds. The minimum absolute atomic E-state index is 0.0541. The van der Waals surface area contributed by atoms with E-state index in [0.29, 0.717) is 34.8 Å². The molecule has 1 fully saturated rings. The van der Waals surface area contributed by atoms with Crippen LogP contribution < -0.4 is 11.0 Å². The number of imidazole rings is 1. The number of nitrogens with one attached hydrogen (secondary N) is 2. The van der Waals surface area contributed by atoms with E-state index in [1.165, 1.54) is 0 Å². The number of piperidine rings is 1. The van der Waals surface area contributed by atoms with Crippen LogP contribution in [0.25, 0.3) is 11.0 Å². The first-order valence-corrected chi connectivity index (χ1v) is 10.9. The molecule has 4 rings (SSSR count). The van der Waals surface area contributed by atoms with Gasteiger partial charge in [0, 0.05) is 41.8 Å². The van der Waals surface area contributed by atoms with Crippen LogP contribution >= 0.6 is 11.6 Å². The number of H-pyrrole nitrogens is 1. The van der Waals surface area contributed by atoms with Crippen molar-refractivity contribution in [1.82, 2.24) is 19.8 Å². The van der Waals surface area contributed by atoms with E-state index in [4.69, 9.17) is 11.6 Å². The Morgan fingerprint density at radius 1 is 1.10 bits per heavy atom. The number of hydrogen-bond acceptors (Lipinski definition) is 4. The Morgan fingerprint density at radius 3 is 2.45 bits per heavy atom. The van der Waals surface area contributed by atoms with Crippen LogP contribution in [-0.4, -0.2) is 52.3 Å². The van der Waals surface area contributed by atoms with Crippen LogP contribution in [0, 0.1) is 0 Å². The summed E-state index contributed by atoms with van der Waals surface area (Å²) < 4.78 is 1.79. The van der Waals surface area contributed by atoms with Crippen molar-refractivity contribution in [3.8, 4) is 0 Å². The number of aromatic amines is 1. The summed E-state index contributed by atoms with van der Waals surface area (Å²) in [6.45, 7) is 4.24. The second kappa shape index (κ2) is 9.08. The molecule has 0 unspecified atom stereocenters. The highest BCUT2D eigenvalue weighted by atomic mass is 35.5. The molecule has 162 valence electrons. The molecule has 2 heterocycles. The van der Waals surface area contributed by atoms with Crippen molar-refractivity contribution in [2.24, 2.45) is 0 Å². The molecule has 7 nitrogen and oxygen atoms in total. The molecule has 8 heteroatoms. The van der Waals surface area contributed by atoms with Crippen LogP contribution in [0.1, 0.15) is 46.5 Å². The third-order valence-corrected chi connectivity index (χ3v) is 6.02. The van der Waals surface area contributed by atoms with Crippen molar-refractivity contribution in [3.63, 3.8) is 0 Å². The zero-order chi connectivity index (χ0) is 22.0. The van der Waals surface area contributed by atoms with Crippen LogP contribution in [0.4, 0.5) is 0 Å². The van der Waals surface area contributed by atoms with Gasteiger partial charge in [-0.15, -0.1) is 0 Å². The van der Waals surface area contributed by atoms with E-state index in [9.17, 15) is 14.4 Å². The molecular formula is C23H25ClN4O3. The SMILES string of the molecule is CCNC(=O)c1ccc2c(c1)[nH]c(=O)n2C1CCN(CC(=O)c2ccc(Cl)cc2)CC1. The predicted octanol–water partition coefficient (Wildman–Crippen LogP) is 3.25. The van der Waals surface area contributed by atoms with Gasteiger partial charge in [0.25, 0.3) is 5.91 Å². The zero-order valence-electron chi connectivity index (χ0n) is 17.4. The van der Waals surface area contributed by atoms with E-state index in [1.807, 2.05) is 13.0 Å². The first kappa shape index (κ1) is 21.3. The maximum Gasteiger partial charge on any atom is 0.326 e. The minimum Gasteiger partial charge on any atom is -0.352 e. The summed E-state index contributed by atoms with van der Waals surface area (Å²) in [4.78, 5) is 42.2. The van der Waals surface area contributed by atoms with Gasteiger partial charge in [0.2, 0.25) is 0 Å². The van der Waals surface area contributed by atoms with Gasteiger partial charge in [-0.05, 0) is 62.2 Å². The van der Waals surface area contributed by atoms with Crippen molar-refractivity contribution >= 4 is 34.3 Å². The Bertz CT molecular complexity index is 1160. The molecule has 0 spiro atoms. The molecule has 3 aromatic rings. The Morgan fingerprint density at radius 2 is 1.77 bits per heavy atom. The third-order valence-electron chi connectivity index (χ3n) is 5.77. The summed E-state index contributed by atoms with van der Waals surface area (Å²) >= 11 is 5.89. The Hall–Kier alpha value is -2.90. The molecule has 0 atom stereocenters. The number of halogens is 1. The molecule has 1 saturated heterocycles. The van der Waals surface area contributed by atoms with Gasteiger partial charge >= 0.3 is 5.69 Å². The van der Waals surface area contributed by atoms with Gasteiger partial charge in [0.15, 0.2) is 5.78 Å². The lowest BCUT2D eigenvalue weighted by molar-refractivity contribution is 0.0897. The number of carbonyl (C=O) groups excluding carboxylic acids is 2. The molecule has 0 bridgehead atoms. The number of nitrogens with zero attached hydrogens (tertiary/aromatic N) is 2. The molecular weight excluding hydrogens is 416 g/mol. The number of Topliss-reactive ketones (excluding diaryl/α,β-unsaturated/α-hetero) is 1. The number of fused-ring (bicyclic) bond motifs is 1. The summed E-state index contributed by atoms with van der Waals surface area (Å²) in [5.41, 5.74) is 2.47. The van der Waals surface area contributed by atoms with Crippen LogP contribution in [0.2, 0.25) is 5.02 Å². The van der Waals surface area contributed by atoms with Gasteiger partial charge in [-0.25, -0.2) is 4.79 Å². The van der Waals surface area contributed by atoms with Crippen molar-refractivity contribution in [1.29, 1.82) is 0 Å². The van der Waals surface area contributed by atoms with Crippen LogP contribution in [0.5, 0.6) is 0 Å². The quantitative estimate of drug-likeness (QED) is 0.576. The maximum absolute atomic E-state index is 12.6. The molecule has 0 saturated carbocycles.